The summed E-state index contributed by atoms with van der Waals surface area (Å²) in [5.74, 6) is -0.342. The summed E-state index contributed by atoms with van der Waals surface area (Å²) in [7, 11) is 0. The molecule has 0 saturated carbocycles. The van der Waals surface area contributed by atoms with E-state index in [2.05, 4.69) is 6.92 Å². The molecule has 1 rings (SSSR count). The van der Waals surface area contributed by atoms with Crippen molar-refractivity contribution in [3.8, 4) is 0 Å². The van der Waals surface area contributed by atoms with Crippen LogP contribution in [0.25, 0.3) is 0 Å². The van der Waals surface area contributed by atoms with Gasteiger partial charge in [-0.1, -0.05) is 71.1 Å². The molecule has 172 valence electrons. The standard InChI is InChI=1S/C22H42O7/c1-3-5-6-7-8-9-10-11-12-13-14-15-18(23)28-16-17-19(24)20(25)21(26)22(29-17)27-4-2/h17,19-22,24-26H,3-16H2,1-2H3/t17-,19-,20+,21-,22+/m1/s1. The largest absolute Gasteiger partial charge is 0.463 e. The van der Waals surface area contributed by atoms with Crippen molar-refractivity contribution in [3.05, 3.63) is 0 Å². The highest BCUT2D eigenvalue weighted by Crippen LogP contribution is 2.22. The molecule has 0 aliphatic carbocycles. The minimum absolute atomic E-state index is 0.175. The lowest BCUT2D eigenvalue weighted by Crippen LogP contribution is -2.59. The van der Waals surface area contributed by atoms with E-state index in [1.54, 1.807) is 6.92 Å². The van der Waals surface area contributed by atoms with Gasteiger partial charge in [-0.2, -0.15) is 0 Å². The predicted molar refractivity (Wildman–Crippen MR) is 110 cm³/mol. The Kier molecular flexibility index (Phi) is 14.5. The number of carbonyl (C=O) groups excluding carboxylic acids is 1. The Morgan fingerprint density at radius 2 is 1.34 bits per heavy atom. The van der Waals surface area contributed by atoms with Crippen LogP contribution in [-0.2, 0) is 19.0 Å². The minimum atomic E-state index is -1.41. The summed E-state index contributed by atoms with van der Waals surface area (Å²) in [5, 5.41) is 29.7. The van der Waals surface area contributed by atoms with E-state index in [1.165, 1.54) is 51.4 Å². The highest BCUT2D eigenvalue weighted by atomic mass is 16.7. The van der Waals surface area contributed by atoms with Gasteiger partial charge in [-0.05, 0) is 13.3 Å². The van der Waals surface area contributed by atoms with Gasteiger partial charge in [-0.25, -0.2) is 0 Å². The first kappa shape index (κ1) is 26.3. The number of unbranched alkanes of at least 4 members (excludes halogenated alkanes) is 10. The first-order valence-corrected chi connectivity index (χ1v) is 11.5. The number of ether oxygens (including phenoxy) is 3. The number of aliphatic hydroxyl groups excluding tert-OH is 3. The molecule has 0 aromatic carbocycles. The van der Waals surface area contributed by atoms with E-state index in [0.29, 0.717) is 6.42 Å². The third-order valence-corrected chi connectivity index (χ3v) is 5.39. The fourth-order valence-corrected chi connectivity index (χ4v) is 3.54. The number of aliphatic hydroxyl groups is 3. The average Bonchev–Trinajstić information content (AvgIpc) is 2.71. The molecule has 7 heteroatoms. The van der Waals surface area contributed by atoms with Crippen LogP contribution in [0.1, 0.15) is 90.9 Å². The second kappa shape index (κ2) is 16.0. The summed E-state index contributed by atoms with van der Waals surface area (Å²) in [5.41, 5.74) is 0. The van der Waals surface area contributed by atoms with Crippen LogP contribution < -0.4 is 0 Å². The molecular weight excluding hydrogens is 376 g/mol. The summed E-state index contributed by atoms with van der Waals surface area (Å²) in [6, 6.07) is 0. The lowest BCUT2D eigenvalue weighted by atomic mass is 9.99. The van der Waals surface area contributed by atoms with Crippen LogP contribution in [0.15, 0.2) is 0 Å². The first-order valence-electron chi connectivity index (χ1n) is 11.5. The van der Waals surface area contributed by atoms with E-state index in [0.717, 1.165) is 19.3 Å². The van der Waals surface area contributed by atoms with Crippen LogP contribution in [0.4, 0.5) is 0 Å². The Labute approximate surface area is 175 Å². The normalized spacial score (nSPS) is 27.1. The molecule has 0 unspecified atom stereocenters. The predicted octanol–water partition coefficient (Wildman–Crippen LogP) is 3.07. The third-order valence-electron chi connectivity index (χ3n) is 5.39. The van der Waals surface area contributed by atoms with Crippen LogP contribution in [0, 0.1) is 0 Å². The van der Waals surface area contributed by atoms with Crippen molar-refractivity contribution in [2.75, 3.05) is 13.2 Å². The maximum Gasteiger partial charge on any atom is 0.305 e. The van der Waals surface area contributed by atoms with Crippen molar-refractivity contribution >= 4 is 5.97 Å². The van der Waals surface area contributed by atoms with Crippen LogP contribution >= 0.6 is 0 Å². The van der Waals surface area contributed by atoms with Gasteiger partial charge in [0.15, 0.2) is 6.29 Å². The number of hydrogen-bond acceptors (Lipinski definition) is 7. The van der Waals surface area contributed by atoms with Crippen molar-refractivity contribution in [1.29, 1.82) is 0 Å². The molecule has 1 aliphatic heterocycles. The molecule has 0 aromatic rings. The van der Waals surface area contributed by atoms with Crippen LogP contribution in [0.2, 0.25) is 0 Å². The van der Waals surface area contributed by atoms with Gasteiger partial charge in [0.25, 0.3) is 0 Å². The number of hydrogen-bond donors (Lipinski definition) is 3. The lowest BCUT2D eigenvalue weighted by Gasteiger charge is -2.39. The molecule has 7 nitrogen and oxygen atoms in total. The van der Waals surface area contributed by atoms with Crippen LogP contribution in [0.3, 0.4) is 0 Å². The highest BCUT2D eigenvalue weighted by molar-refractivity contribution is 5.69. The van der Waals surface area contributed by atoms with E-state index >= 15 is 0 Å². The third kappa shape index (κ3) is 10.7. The molecule has 0 aromatic heterocycles. The Hall–Kier alpha value is -0.730. The molecule has 29 heavy (non-hydrogen) atoms. The smallest absolute Gasteiger partial charge is 0.305 e. The van der Waals surface area contributed by atoms with E-state index in [-0.39, 0.29) is 19.2 Å². The van der Waals surface area contributed by atoms with Crippen molar-refractivity contribution in [2.45, 2.75) is 122 Å². The van der Waals surface area contributed by atoms with E-state index in [1.807, 2.05) is 0 Å². The zero-order valence-electron chi connectivity index (χ0n) is 18.3. The summed E-state index contributed by atoms with van der Waals surface area (Å²) in [6.07, 6.45) is 7.65. The Balaban J connectivity index is 2.07. The maximum absolute atomic E-state index is 11.9. The molecule has 1 heterocycles. The molecule has 0 radical (unpaired) electrons. The van der Waals surface area contributed by atoms with Gasteiger partial charge in [0, 0.05) is 13.0 Å². The van der Waals surface area contributed by atoms with Gasteiger partial charge >= 0.3 is 5.97 Å². The molecule has 0 bridgehead atoms. The van der Waals surface area contributed by atoms with E-state index in [9.17, 15) is 20.1 Å². The van der Waals surface area contributed by atoms with E-state index < -0.39 is 30.7 Å². The molecule has 0 spiro atoms. The monoisotopic (exact) mass is 418 g/mol. The zero-order chi connectivity index (χ0) is 21.5. The molecule has 3 N–H and O–H groups in total. The van der Waals surface area contributed by atoms with Crippen molar-refractivity contribution in [1.82, 2.24) is 0 Å². The summed E-state index contributed by atoms with van der Waals surface area (Å²) in [4.78, 5) is 11.9. The van der Waals surface area contributed by atoms with Gasteiger partial charge < -0.3 is 29.5 Å². The molecular formula is C22H42O7. The second-order valence-corrected chi connectivity index (χ2v) is 7.94. The Morgan fingerprint density at radius 1 is 0.793 bits per heavy atom. The van der Waals surface area contributed by atoms with Gasteiger partial charge in [-0.3, -0.25) is 4.79 Å². The number of carbonyl (C=O) groups is 1. The quantitative estimate of drug-likeness (QED) is 0.261. The average molecular weight is 419 g/mol. The Morgan fingerprint density at radius 3 is 1.90 bits per heavy atom. The second-order valence-electron chi connectivity index (χ2n) is 7.94. The highest BCUT2D eigenvalue weighted by Gasteiger charge is 2.44. The SMILES string of the molecule is CCCCCCCCCCCCCC(=O)OC[C@H]1O[C@H](OCC)[C@H](O)[C@@H](O)[C@@H]1O. The van der Waals surface area contributed by atoms with Crippen molar-refractivity contribution in [3.63, 3.8) is 0 Å². The molecule has 1 fully saturated rings. The number of esters is 1. The maximum atomic E-state index is 11.9. The zero-order valence-corrected chi connectivity index (χ0v) is 18.3. The molecule has 5 atom stereocenters. The first-order chi connectivity index (χ1) is 14.0. The summed E-state index contributed by atoms with van der Waals surface area (Å²) in [6.45, 7) is 4.08. The van der Waals surface area contributed by atoms with Crippen molar-refractivity contribution in [2.24, 2.45) is 0 Å². The number of rotatable bonds is 16. The fraction of sp³-hybridized carbons (Fsp3) is 0.955. The molecule has 1 aliphatic rings. The van der Waals surface area contributed by atoms with Gasteiger partial charge in [0.2, 0.25) is 0 Å². The minimum Gasteiger partial charge on any atom is -0.463 e. The Bertz CT molecular complexity index is 418. The summed E-state index contributed by atoms with van der Waals surface area (Å²) >= 11 is 0. The summed E-state index contributed by atoms with van der Waals surface area (Å²) < 4.78 is 15.8. The van der Waals surface area contributed by atoms with Crippen LogP contribution in [-0.4, -0.2) is 65.2 Å². The van der Waals surface area contributed by atoms with Crippen LogP contribution in [0.5, 0.6) is 0 Å². The van der Waals surface area contributed by atoms with Gasteiger partial charge in [0.05, 0.1) is 0 Å². The molecule has 1 saturated heterocycles. The lowest BCUT2D eigenvalue weighted by molar-refractivity contribution is -0.300. The van der Waals surface area contributed by atoms with E-state index in [4.69, 9.17) is 14.2 Å². The van der Waals surface area contributed by atoms with Crippen molar-refractivity contribution < 1.29 is 34.3 Å². The fourth-order valence-electron chi connectivity index (χ4n) is 3.54. The van der Waals surface area contributed by atoms with Gasteiger partial charge in [-0.15, -0.1) is 0 Å². The molecule has 0 amide bonds. The van der Waals surface area contributed by atoms with Gasteiger partial charge in [0.1, 0.15) is 31.0 Å². The topological polar surface area (TPSA) is 105 Å².